The van der Waals surface area contributed by atoms with Gasteiger partial charge >= 0.3 is 16.6 Å². The van der Waals surface area contributed by atoms with E-state index in [9.17, 15) is 26.0 Å². The first-order chi connectivity index (χ1) is 7.70. The maximum atomic E-state index is 13.2. The van der Waals surface area contributed by atoms with Gasteiger partial charge in [0.15, 0.2) is 6.61 Å². The van der Waals surface area contributed by atoms with Gasteiger partial charge in [-0.05, 0) is 12.8 Å². The van der Waals surface area contributed by atoms with Crippen molar-refractivity contribution in [1.29, 1.82) is 0 Å². The van der Waals surface area contributed by atoms with Gasteiger partial charge < -0.3 is 0 Å². The average Bonchev–Trinajstić information content (AvgIpc) is 2.18. The number of alkyl halides is 4. The number of rotatable bonds is 4. The van der Waals surface area contributed by atoms with Crippen LogP contribution in [0.1, 0.15) is 25.7 Å². The summed E-state index contributed by atoms with van der Waals surface area (Å²) in [5.74, 6) is 0. The largest absolute Gasteiger partial charge is 0.413 e. The first kappa shape index (κ1) is 14.7. The lowest BCUT2D eigenvalue weighted by atomic mass is 9.96. The Kier molecular flexibility index (Phi) is 4.73. The van der Waals surface area contributed by atoms with E-state index in [1.165, 1.54) is 0 Å². The van der Waals surface area contributed by atoms with Gasteiger partial charge in [-0.2, -0.15) is 21.6 Å². The SMILES string of the molecule is O=S(=O)(OCC(F)(F)F)OC1CCCCC1F. The van der Waals surface area contributed by atoms with E-state index in [1.807, 2.05) is 0 Å². The van der Waals surface area contributed by atoms with Gasteiger partial charge in [0.25, 0.3) is 0 Å². The second-order valence-electron chi connectivity index (χ2n) is 3.72. The third kappa shape index (κ3) is 5.64. The molecule has 9 heteroatoms. The Hall–Kier alpha value is -0.410. The zero-order valence-corrected chi connectivity index (χ0v) is 9.56. The molecule has 1 rings (SSSR count). The Labute approximate surface area is 96.2 Å². The molecule has 2 atom stereocenters. The molecular weight excluding hydrogens is 268 g/mol. The summed E-state index contributed by atoms with van der Waals surface area (Å²) in [5, 5.41) is 0. The van der Waals surface area contributed by atoms with Crippen LogP contribution in [0.25, 0.3) is 0 Å². The van der Waals surface area contributed by atoms with Crippen molar-refractivity contribution in [2.24, 2.45) is 0 Å². The minimum Gasteiger partial charge on any atom is -0.245 e. The highest BCUT2D eigenvalue weighted by molar-refractivity contribution is 7.81. The highest BCUT2D eigenvalue weighted by atomic mass is 32.3. The van der Waals surface area contributed by atoms with Gasteiger partial charge in [0.05, 0.1) is 0 Å². The molecule has 1 saturated carbocycles. The van der Waals surface area contributed by atoms with Crippen LogP contribution < -0.4 is 0 Å². The lowest BCUT2D eigenvalue weighted by Crippen LogP contribution is -2.33. The van der Waals surface area contributed by atoms with E-state index in [-0.39, 0.29) is 12.8 Å². The van der Waals surface area contributed by atoms with Crippen LogP contribution in [0.5, 0.6) is 0 Å². The third-order valence-electron chi connectivity index (χ3n) is 2.23. The van der Waals surface area contributed by atoms with E-state index in [1.54, 1.807) is 0 Å². The van der Waals surface area contributed by atoms with Gasteiger partial charge in [-0.25, -0.2) is 12.8 Å². The second kappa shape index (κ2) is 5.49. The molecule has 0 aromatic rings. The zero-order chi connectivity index (χ0) is 13.1. The molecule has 102 valence electrons. The topological polar surface area (TPSA) is 52.6 Å². The molecule has 0 aromatic heterocycles. The average molecular weight is 280 g/mol. The van der Waals surface area contributed by atoms with Crippen LogP contribution in [0.15, 0.2) is 0 Å². The molecule has 0 aliphatic heterocycles. The van der Waals surface area contributed by atoms with Crippen molar-refractivity contribution in [1.82, 2.24) is 0 Å². The molecule has 1 aliphatic rings. The van der Waals surface area contributed by atoms with E-state index in [4.69, 9.17) is 0 Å². The summed E-state index contributed by atoms with van der Waals surface area (Å²) in [7, 11) is -4.81. The minimum atomic E-state index is -4.81. The van der Waals surface area contributed by atoms with Gasteiger partial charge in [0, 0.05) is 0 Å². The van der Waals surface area contributed by atoms with E-state index in [0.29, 0.717) is 12.8 Å². The molecule has 0 spiro atoms. The Morgan fingerprint density at radius 2 is 1.76 bits per heavy atom. The van der Waals surface area contributed by atoms with E-state index < -0.39 is 35.5 Å². The zero-order valence-electron chi connectivity index (χ0n) is 8.74. The van der Waals surface area contributed by atoms with Crippen LogP contribution >= 0.6 is 0 Å². The van der Waals surface area contributed by atoms with Crippen molar-refractivity contribution < 1.29 is 34.3 Å². The molecule has 1 fully saturated rings. The van der Waals surface area contributed by atoms with Crippen LogP contribution in [-0.2, 0) is 18.8 Å². The van der Waals surface area contributed by atoms with E-state index >= 15 is 0 Å². The Morgan fingerprint density at radius 3 is 2.29 bits per heavy atom. The van der Waals surface area contributed by atoms with Gasteiger partial charge in [-0.15, -0.1) is 0 Å². The fourth-order valence-corrected chi connectivity index (χ4v) is 2.33. The van der Waals surface area contributed by atoms with Crippen LogP contribution in [0.4, 0.5) is 17.6 Å². The summed E-state index contributed by atoms with van der Waals surface area (Å²) in [6, 6.07) is 0. The number of hydrogen-bond acceptors (Lipinski definition) is 4. The van der Waals surface area contributed by atoms with Crippen LogP contribution in [-0.4, -0.2) is 33.5 Å². The quantitative estimate of drug-likeness (QED) is 0.740. The van der Waals surface area contributed by atoms with Gasteiger partial charge in [0.2, 0.25) is 0 Å². The summed E-state index contributed by atoms with van der Waals surface area (Å²) in [6.45, 7) is -1.97. The van der Waals surface area contributed by atoms with Crippen molar-refractivity contribution >= 4 is 10.4 Å². The highest BCUT2D eigenvalue weighted by Gasteiger charge is 2.35. The molecule has 0 heterocycles. The molecule has 0 amide bonds. The Bertz CT molecular complexity index is 340. The van der Waals surface area contributed by atoms with Crippen LogP contribution in [0.2, 0.25) is 0 Å². The number of hydrogen-bond donors (Lipinski definition) is 0. The molecule has 0 bridgehead atoms. The third-order valence-corrected chi connectivity index (χ3v) is 3.12. The predicted molar refractivity (Wildman–Crippen MR) is 49.2 cm³/mol. The normalized spacial score (nSPS) is 27.1. The molecule has 2 unspecified atom stereocenters. The molecule has 0 N–H and O–H groups in total. The standard InChI is InChI=1S/C8H12F4O4S/c9-6-3-1-2-4-7(6)16-17(13,14)15-5-8(10,11)12/h6-7H,1-5H2. The highest BCUT2D eigenvalue weighted by Crippen LogP contribution is 2.26. The minimum absolute atomic E-state index is 0.138. The van der Waals surface area contributed by atoms with Gasteiger partial charge in [0.1, 0.15) is 12.3 Å². The molecule has 1 aliphatic carbocycles. The second-order valence-corrected chi connectivity index (χ2v) is 4.97. The molecule has 0 saturated heterocycles. The lowest BCUT2D eigenvalue weighted by molar-refractivity contribution is -0.155. The first-order valence-corrected chi connectivity index (χ1v) is 6.31. The number of halogens is 4. The van der Waals surface area contributed by atoms with E-state index in [2.05, 4.69) is 8.37 Å². The van der Waals surface area contributed by atoms with E-state index in [0.717, 1.165) is 0 Å². The van der Waals surface area contributed by atoms with Crippen molar-refractivity contribution in [2.75, 3.05) is 6.61 Å². The van der Waals surface area contributed by atoms with Gasteiger partial charge in [-0.3, -0.25) is 0 Å². The maximum absolute atomic E-state index is 13.2. The fourth-order valence-electron chi connectivity index (χ4n) is 1.48. The fraction of sp³-hybridized carbons (Fsp3) is 1.00. The Balaban J connectivity index is 2.48. The summed E-state index contributed by atoms with van der Waals surface area (Å²) < 4.78 is 78.2. The van der Waals surface area contributed by atoms with Crippen LogP contribution in [0.3, 0.4) is 0 Å². The summed E-state index contributed by atoms with van der Waals surface area (Å²) in [6.07, 6.45) is -6.06. The van der Waals surface area contributed by atoms with Gasteiger partial charge in [-0.1, -0.05) is 12.8 Å². The lowest BCUT2D eigenvalue weighted by Gasteiger charge is -2.24. The summed E-state index contributed by atoms with van der Waals surface area (Å²) in [4.78, 5) is 0. The molecule has 0 aromatic carbocycles. The van der Waals surface area contributed by atoms with Crippen molar-refractivity contribution in [3.63, 3.8) is 0 Å². The molecule has 0 radical (unpaired) electrons. The predicted octanol–water partition coefficient (Wildman–Crippen LogP) is 2.11. The molecular formula is C8H12F4O4S. The van der Waals surface area contributed by atoms with Crippen molar-refractivity contribution in [2.45, 2.75) is 44.1 Å². The molecule has 4 nitrogen and oxygen atoms in total. The maximum Gasteiger partial charge on any atom is 0.413 e. The smallest absolute Gasteiger partial charge is 0.245 e. The monoisotopic (exact) mass is 280 g/mol. The summed E-state index contributed by atoms with van der Waals surface area (Å²) >= 11 is 0. The first-order valence-electron chi connectivity index (χ1n) is 4.98. The van der Waals surface area contributed by atoms with Crippen molar-refractivity contribution in [3.05, 3.63) is 0 Å². The van der Waals surface area contributed by atoms with Crippen LogP contribution in [0, 0.1) is 0 Å². The summed E-state index contributed by atoms with van der Waals surface area (Å²) in [5.41, 5.74) is 0. The Morgan fingerprint density at radius 1 is 1.18 bits per heavy atom. The molecule has 17 heavy (non-hydrogen) atoms. The van der Waals surface area contributed by atoms with Crippen molar-refractivity contribution in [3.8, 4) is 0 Å².